The average molecular weight is 383 g/mol. The second-order valence-electron chi connectivity index (χ2n) is 7.30. The van der Waals surface area contributed by atoms with E-state index in [9.17, 15) is 4.79 Å². The summed E-state index contributed by atoms with van der Waals surface area (Å²) in [7, 11) is 0. The minimum atomic E-state index is -0.453. The number of carbonyl (C=O) groups is 1. The van der Waals surface area contributed by atoms with Crippen LogP contribution in [0.25, 0.3) is 0 Å². The van der Waals surface area contributed by atoms with E-state index in [0.29, 0.717) is 5.88 Å². The molecule has 2 saturated heterocycles. The van der Waals surface area contributed by atoms with Crippen molar-refractivity contribution in [3.8, 4) is 5.88 Å². The molecular formula is C17H23BrN2O3. The van der Waals surface area contributed by atoms with Crippen molar-refractivity contribution >= 4 is 22.0 Å². The molecule has 2 aliphatic rings. The van der Waals surface area contributed by atoms with Crippen LogP contribution in [-0.2, 0) is 4.74 Å². The monoisotopic (exact) mass is 382 g/mol. The standard InChI is InChI=1S/C17H23BrN2O3/c1-17(2,3)23-16(21)20-12-5-6-13(20)9-14(8-12)22-15-7-4-11(18)10-19-15/h4,7,10,12-14H,5-6,8-9H2,1-3H3/t12-,13+,14-. The van der Waals surface area contributed by atoms with Gasteiger partial charge in [-0.15, -0.1) is 0 Å². The predicted molar refractivity (Wildman–Crippen MR) is 90.5 cm³/mol. The third-order valence-electron chi connectivity index (χ3n) is 4.28. The fraction of sp³-hybridized carbons (Fsp3) is 0.647. The molecule has 0 N–H and O–H groups in total. The molecule has 1 aromatic heterocycles. The van der Waals surface area contributed by atoms with Crippen molar-refractivity contribution in [2.75, 3.05) is 0 Å². The van der Waals surface area contributed by atoms with Gasteiger partial charge in [0.2, 0.25) is 5.88 Å². The number of piperidine rings is 1. The highest BCUT2D eigenvalue weighted by molar-refractivity contribution is 9.10. The number of carbonyl (C=O) groups excluding carboxylic acids is 1. The second kappa shape index (κ2) is 6.30. The van der Waals surface area contributed by atoms with Gasteiger partial charge in [-0.3, -0.25) is 0 Å². The molecule has 3 heterocycles. The first-order chi connectivity index (χ1) is 10.8. The number of halogens is 1. The van der Waals surface area contributed by atoms with Crippen LogP contribution in [-0.4, -0.2) is 39.8 Å². The van der Waals surface area contributed by atoms with Crippen LogP contribution in [0.1, 0.15) is 46.5 Å². The van der Waals surface area contributed by atoms with Crippen LogP contribution in [0.2, 0.25) is 0 Å². The van der Waals surface area contributed by atoms with Gasteiger partial charge < -0.3 is 14.4 Å². The summed E-state index contributed by atoms with van der Waals surface area (Å²) < 4.78 is 12.5. The topological polar surface area (TPSA) is 51.7 Å². The summed E-state index contributed by atoms with van der Waals surface area (Å²) in [6.07, 6.45) is 5.39. The average Bonchev–Trinajstić information content (AvgIpc) is 2.72. The third-order valence-corrected chi connectivity index (χ3v) is 4.75. The van der Waals surface area contributed by atoms with E-state index in [0.717, 1.165) is 30.2 Å². The van der Waals surface area contributed by atoms with E-state index in [1.54, 1.807) is 6.20 Å². The van der Waals surface area contributed by atoms with Crippen LogP contribution in [0.4, 0.5) is 4.79 Å². The van der Waals surface area contributed by atoms with E-state index in [1.165, 1.54) is 0 Å². The van der Waals surface area contributed by atoms with E-state index in [4.69, 9.17) is 9.47 Å². The summed E-state index contributed by atoms with van der Waals surface area (Å²) in [4.78, 5) is 18.6. The number of hydrogen-bond donors (Lipinski definition) is 0. The first-order valence-electron chi connectivity index (χ1n) is 8.11. The lowest BCUT2D eigenvalue weighted by atomic mass is 10.0. The Balaban J connectivity index is 1.62. The summed E-state index contributed by atoms with van der Waals surface area (Å²) in [5.74, 6) is 0.642. The summed E-state index contributed by atoms with van der Waals surface area (Å²) in [5, 5.41) is 0. The number of amides is 1. The molecule has 0 saturated carbocycles. The minimum absolute atomic E-state index is 0.111. The van der Waals surface area contributed by atoms with Crippen LogP contribution in [0.5, 0.6) is 5.88 Å². The normalized spacial score (nSPS) is 27.0. The Morgan fingerprint density at radius 2 is 1.91 bits per heavy atom. The molecule has 3 rings (SSSR count). The van der Waals surface area contributed by atoms with Crippen LogP contribution in [0, 0.1) is 0 Å². The lowest BCUT2D eigenvalue weighted by molar-refractivity contribution is -0.00759. The highest BCUT2D eigenvalue weighted by atomic mass is 79.9. The van der Waals surface area contributed by atoms with Crippen molar-refractivity contribution in [1.29, 1.82) is 0 Å². The lowest BCUT2D eigenvalue weighted by Gasteiger charge is -2.39. The number of aromatic nitrogens is 1. The van der Waals surface area contributed by atoms with Crippen molar-refractivity contribution in [3.63, 3.8) is 0 Å². The molecule has 2 fully saturated rings. The zero-order valence-corrected chi connectivity index (χ0v) is 15.4. The number of fused-ring (bicyclic) bond motifs is 2. The zero-order valence-electron chi connectivity index (χ0n) is 13.8. The smallest absolute Gasteiger partial charge is 0.410 e. The molecule has 5 nitrogen and oxygen atoms in total. The molecule has 2 aliphatic heterocycles. The molecule has 0 aliphatic carbocycles. The fourth-order valence-corrected chi connectivity index (χ4v) is 3.67. The molecule has 1 aromatic rings. The lowest BCUT2D eigenvalue weighted by Crippen LogP contribution is -2.50. The maximum Gasteiger partial charge on any atom is 0.410 e. The van der Waals surface area contributed by atoms with Crippen LogP contribution < -0.4 is 4.74 Å². The molecule has 0 unspecified atom stereocenters. The molecule has 23 heavy (non-hydrogen) atoms. The van der Waals surface area contributed by atoms with Crippen molar-refractivity contribution in [3.05, 3.63) is 22.8 Å². The van der Waals surface area contributed by atoms with Crippen molar-refractivity contribution in [1.82, 2.24) is 9.88 Å². The number of rotatable bonds is 2. The van der Waals surface area contributed by atoms with Gasteiger partial charge in [0, 0.05) is 41.7 Å². The molecule has 0 spiro atoms. The Hall–Kier alpha value is -1.30. The maximum atomic E-state index is 12.4. The minimum Gasteiger partial charge on any atom is -0.474 e. The second-order valence-corrected chi connectivity index (χ2v) is 8.21. The van der Waals surface area contributed by atoms with Gasteiger partial charge in [0.05, 0.1) is 0 Å². The molecule has 6 heteroatoms. The summed E-state index contributed by atoms with van der Waals surface area (Å²) in [6, 6.07) is 4.21. The number of pyridine rings is 1. The van der Waals surface area contributed by atoms with Gasteiger partial charge in [-0.25, -0.2) is 9.78 Å². The largest absolute Gasteiger partial charge is 0.474 e. The quantitative estimate of drug-likeness (QED) is 0.770. The molecule has 126 valence electrons. The summed E-state index contributed by atoms with van der Waals surface area (Å²) in [6.45, 7) is 5.71. The van der Waals surface area contributed by atoms with Crippen LogP contribution >= 0.6 is 15.9 Å². The molecular weight excluding hydrogens is 360 g/mol. The number of nitrogens with zero attached hydrogens (tertiary/aromatic N) is 2. The summed E-state index contributed by atoms with van der Waals surface area (Å²) >= 11 is 3.37. The zero-order chi connectivity index (χ0) is 16.6. The fourth-order valence-electron chi connectivity index (χ4n) is 3.44. The van der Waals surface area contributed by atoms with Gasteiger partial charge in [0.25, 0.3) is 0 Å². The highest BCUT2D eigenvalue weighted by Gasteiger charge is 2.45. The van der Waals surface area contributed by atoms with Gasteiger partial charge in [0.15, 0.2) is 0 Å². The third kappa shape index (κ3) is 3.97. The molecule has 1 amide bonds. The van der Waals surface area contributed by atoms with E-state index in [-0.39, 0.29) is 24.3 Å². The Morgan fingerprint density at radius 1 is 1.26 bits per heavy atom. The molecule has 0 radical (unpaired) electrons. The van der Waals surface area contributed by atoms with E-state index in [1.807, 2.05) is 37.8 Å². The Labute approximate surface area is 145 Å². The first kappa shape index (κ1) is 16.6. The predicted octanol–water partition coefficient (Wildman–Crippen LogP) is 4.15. The molecule has 3 atom stereocenters. The Morgan fingerprint density at radius 3 is 2.43 bits per heavy atom. The molecule has 2 bridgehead atoms. The van der Waals surface area contributed by atoms with Crippen LogP contribution in [0.3, 0.4) is 0 Å². The Bertz CT molecular complexity index is 556. The SMILES string of the molecule is CC(C)(C)OC(=O)N1[C@@H]2CC[C@H]1C[C@H](Oc1ccc(Br)cn1)C2. The summed E-state index contributed by atoms with van der Waals surface area (Å²) in [5.41, 5.74) is -0.453. The van der Waals surface area contributed by atoms with Crippen molar-refractivity contribution < 1.29 is 14.3 Å². The van der Waals surface area contributed by atoms with E-state index >= 15 is 0 Å². The van der Waals surface area contributed by atoms with Gasteiger partial charge in [-0.1, -0.05) is 0 Å². The van der Waals surface area contributed by atoms with Gasteiger partial charge in [0.1, 0.15) is 11.7 Å². The van der Waals surface area contributed by atoms with E-state index in [2.05, 4.69) is 20.9 Å². The maximum absolute atomic E-state index is 12.4. The first-order valence-corrected chi connectivity index (χ1v) is 8.90. The van der Waals surface area contributed by atoms with Crippen LogP contribution in [0.15, 0.2) is 22.8 Å². The highest BCUT2D eigenvalue weighted by Crippen LogP contribution is 2.38. The van der Waals surface area contributed by atoms with Crippen molar-refractivity contribution in [2.24, 2.45) is 0 Å². The number of ether oxygens (including phenoxy) is 2. The van der Waals surface area contributed by atoms with Crippen molar-refractivity contribution in [2.45, 2.75) is 70.2 Å². The number of hydrogen-bond acceptors (Lipinski definition) is 4. The van der Waals surface area contributed by atoms with Gasteiger partial charge in [-0.2, -0.15) is 0 Å². The van der Waals surface area contributed by atoms with Gasteiger partial charge >= 0.3 is 6.09 Å². The van der Waals surface area contributed by atoms with E-state index < -0.39 is 5.60 Å². The Kier molecular flexibility index (Phi) is 4.54. The molecule has 0 aromatic carbocycles. The van der Waals surface area contributed by atoms with Gasteiger partial charge in [-0.05, 0) is 55.6 Å².